The zero-order valence-electron chi connectivity index (χ0n) is 30.4. The van der Waals surface area contributed by atoms with E-state index in [1.54, 1.807) is 0 Å². The van der Waals surface area contributed by atoms with Gasteiger partial charge in [0.05, 0.1) is 27.8 Å². The first kappa shape index (κ1) is 30.5. The Kier molecular flexibility index (Phi) is 6.07. The third kappa shape index (κ3) is 4.21. The first-order chi connectivity index (χ1) is 28.3. The van der Waals surface area contributed by atoms with Gasteiger partial charge in [0.1, 0.15) is 11.2 Å². The lowest BCUT2D eigenvalue weighted by Gasteiger charge is -2.13. The monoisotopic (exact) mass is 727 g/mol. The van der Waals surface area contributed by atoms with Crippen LogP contribution in [-0.4, -0.2) is 24.1 Å². The van der Waals surface area contributed by atoms with Crippen LogP contribution in [0, 0.1) is 0 Å². The molecule has 0 spiro atoms. The van der Waals surface area contributed by atoms with Gasteiger partial charge >= 0.3 is 0 Å². The van der Waals surface area contributed by atoms with E-state index >= 15 is 0 Å². The fraction of sp³-hybridized carbons (Fsp3) is 0. The lowest BCUT2D eigenvalue weighted by atomic mass is 9.91. The Hall–Kier alpha value is -7.83. The lowest BCUT2D eigenvalue weighted by molar-refractivity contribution is 0.669. The van der Waals surface area contributed by atoms with Crippen LogP contribution in [-0.2, 0) is 0 Å². The number of furan rings is 1. The van der Waals surface area contributed by atoms with E-state index in [1.165, 1.54) is 49.7 Å². The molecule has 0 saturated heterocycles. The van der Waals surface area contributed by atoms with Gasteiger partial charge in [0, 0.05) is 54.6 Å². The fourth-order valence-electron chi connectivity index (χ4n) is 9.31. The van der Waals surface area contributed by atoms with Crippen LogP contribution in [0.25, 0.3) is 122 Å². The number of para-hydroxylation sites is 4. The molecule has 0 radical (unpaired) electrons. The van der Waals surface area contributed by atoms with E-state index in [0.717, 1.165) is 54.9 Å². The average molecular weight is 728 g/mol. The topological polar surface area (TPSA) is 61.7 Å². The summed E-state index contributed by atoms with van der Waals surface area (Å²) in [5.74, 6) is 1.76. The van der Waals surface area contributed by atoms with E-state index in [0.29, 0.717) is 17.6 Å². The lowest BCUT2D eigenvalue weighted by Crippen LogP contribution is -2.06. The van der Waals surface area contributed by atoms with E-state index in [9.17, 15) is 0 Å². The minimum atomic E-state index is 0.558. The van der Waals surface area contributed by atoms with Crippen molar-refractivity contribution in [1.29, 1.82) is 0 Å². The summed E-state index contributed by atoms with van der Waals surface area (Å²) in [6.45, 7) is 0. The first-order valence-electron chi connectivity index (χ1n) is 19.2. The summed E-state index contributed by atoms with van der Waals surface area (Å²) >= 11 is 0. The van der Waals surface area contributed by atoms with Crippen molar-refractivity contribution in [3.63, 3.8) is 0 Å². The van der Waals surface area contributed by atoms with Crippen LogP contribution in [0.1, 0.15) is 0 Å². The number of rotatable bonds is 3. The first-order valence-corrected chi connectivity index (χ1v) is 19.2. The van der Waals surface area contributed by atoms with Crippen LogP contribution >= 0.6 is 0 Å². The van der Waals surface area contributed by atoms with Crippen molar-refractivity contribution in [2.75, 3.05) is 0 Å². The molecule has 1 aliphatic heterocycles. The van der Waals surface area contributed by atoms with Crippen LogP contribution < -0.4 is 0 Å². The summed E-state index contributed by atoms with van der Waals surface area (Å²) in [5.41, 5.74) is 13.9. The second kappa shape index (κ2) is 11.4. The molecule has 5 heterocycles. The molecule has 12 aromatic rings. The Morgan fingerprint density at radius 1 is 0.386 bits per heavy atom. The Morgan fingerprint density at radius 3 is 1.86 bits per heavy atom. The number of aromatic nitrogens is 5. The molecule has 57 heavy (non-hydrogen) atoms. The summed E-state index contributed by atoms with van der Waals surface area (Å²) in [6.07, 6.45) is 0. The van der Waals surface area contributed by atoms with Crippen molar-refractivity contribution in [2.24, 2.45) is 0 Å². The summed E-state index contributed by atoms with van der Waals surface area (Å²) in [6, 6.07) is 62.0. The van der Waals surface area contributed by atoms with Gasteiger partial charge in [-0.2, -0.15) is 9.97 Å². The maximum Gasteiger partial charge on any atom is 0.238 e. The number of hydrogen-bond donors (Lipinski definition) is 0. The largest absolute Gasteiger partial charge is 0.456 e. The van der Waals surface area contributed by atoms with Crippen molar-refractivity contribution >= 4 is 65.6 Å². The van der Waals surface area contributed by atoms with Gasteiger partial charge in [0.15, 0.2) is 11.6 Å². The molecule has 264 valence electrons. The van der Waals surface area contributed by atoms with Gasteiger partial charge in [-0.05, 0) is 59.7 Å². The average Bonchev–Trinajstić information content (AvgIpc) is 3.90. The molecule has 0 fully saturated rings. The maximum absolute atomic E-state index is 6.20. The summed E-state index contributed by atoms with van der Waals surface area (Å²) < 4.78 is 10.9. The molecule has 6 nitrogen and oxygen atoms in total. The van der Waals surface area contributed by atoms with Crippen molar-refractivity contribution in [3.8, 4) is 56.7 Å². The zero-order chi connectivity index (χ0) is 37.2. The predicted molar refractivity (Wildman–Crippen MR) is 231 cm³/mol. The molecule has 1 aliphatic rings. The third-order valence-electron chi connectivity index (χ3n) is 11.7. The molecule has 8 aromatic carbocycles. The summed E-state index contributed by atoms with van der Waals surface area (Å²) in [4.78, 5) is 15.8. The number of benzene rings is 8. The highest BCUT2D eigenvalue weighted by Crippen LogP contribution is 2.51. The molecule has 13 rings (SSSR count). The smallest absolute Gasteiger partial charge is 0.238 e. The minimum Gasteiger partial charge on any atom is -0.456 e. The summed E-state index contributed by atoms with van der Waals surface area (Å²) in [7, 11) is 0. The molecule has 0 unspecified atom stereocenters. The highest BCUT2D eigenvalue weighted by atomic mass is 16.3. The van der Waals surface area contributed by atoms with Gasteiger partial charge in [-0.25, -0.2) is 4.98 Å². The van der Waals surface area contributed by atoms with Gasteiger partial charge < -0.3 is 8.98 Å². The molecule has 0 amide bonds. The van der Waals surface area contributed by atoms with E-state index in [1.807, 2.05) is 48.5 Å². The second-order valence-corrected chi connectivity index (χ2v) is 14.8. The van der Waals surface area contributed by atoms with Gasteiger partial charge in [0.25, 0.3) is 0 Å². The van der Waals surface area contributed by atoms with Crippen LogP contribution in [0.2, 0.25) is 0 Å². The number of fused-ring (bicyclic) bond motifs is 15. The van der Waals surface area contributed by atoms with Crippen molar-refractivity contribution in [3.05, 3.63) is 176 Å². The van der Waals surface area contributed by atoms with E-state index in [-0.39, 0.29) is 0 Å². The van der Waals surface area contributed by atoms with Crippen LogP contribution in [0.4, 0.5) is 0 Å². The summed E-state index contributed by atoms with van der Waals surface area (Å²) in [5, 5.41) is 6.76. The quantitative estimate of drug-likeness (QED) is 0.182. The number of nitrogens with zero attached hydrogens (tertiary/aromatic N) is 5. The zero-order valence-corrected chi connectivity index (χ0v) is 30.4. The normalized spacial score (nSPS) is 12.2. The highest BCUT2D eigenvalue weighted by Gasteiger charge is 2.29. The van der Waals surface area contributed by atoms with Gasteiger partial charge in [0.2, 0.25) is 5.95 Å². The number of hydrogen-bond acceptors (Lipinski definition) is 4. The van der Waals surface area contributed by atoms with Gasteiger partial charge in [-0.3, -0.25) is 4.57 Å². The molecule has 0 atom stereocenters. The van der Waals surface area contributed by atoms with Crippen molar-refractivity contribution in [2.45, 2.75) is 0 Å². The molecule has 0 aliphatic carbocycles. The molecular formula is C51H29N5O. The Labute approximate surface area is 325 Å². The Bertz CT molecular complexity index is 3650. The molecule has 0 saturated carbocycles. The van der Waals surface area contributed by atoms with Crippen molar-refractivity contribution in [1.82, 2.24) is 24.1 Å². The minimum absolute atomic E-state index is 0.558. The Balaban J connectivity index is 1.18. The second-order valence-electron chi connectivity index (χ2n) is 14.8. The maximum atomic E-state index is 6.20. The van der Waals surface area contributed by atoms with Crippen LogP contribution in [0.15, 0.2) is 180 Å². The van der Waals surface area contributed by atoms with E-state index < -0.39 is 0 Å². The predicted octanol–water partition coefficient (Wildman–Crippen LogP) is 12.9. The third-order valence-corrected chi connectivity index (χ3v) is 11.7. The fourth-order valence-corrected chi connectivity index (χ4v) is 9.31. The molecule has 0 N–H and O–H groups in total. The molecule has 4 aromatic heterocycles. The SMILES string of the molecule is c1ccc(-c2nc(-c3ccc4oc5ccccc5c4c3)nc(-n3c4ccccc4c4c5c6c(cc43)c3ccccc3n6-c3ccccc3-c3ccccc3-5)n2)cc1. The van der Waals surface area contributed by atoms with E-state index in [2.05, 4.69) is 137 Å². The standard InChI is InChI=1S/C51H29N5O/c1-2-14-30(15-3-1)49-52-50(31-26-27-45-38(28-31)35-19-9-13-25-44(35)57-45)54-51(53-49)56-42-24-12-8-21-37(42)46-43(56)29-39-34-18-7-11-23-41(34)55-40-22-10-6-17-33(40)32-16-4-5-20-36(32)47(46)48(39)55/h1-29H. The molecule has 0 bridgehead atoms. The van der Waals surface area contributed by atoms with Gasteiger partial charge in [-0.15, -0.1) is 0 Å². The van der Waals surface area contributed by atoms with E-state index in [4.69, 9.17) is 19.4 Å². The Morgan fingerprint density at radius 2 is 1.02 bits per heavy atom. The van der Waals surface area contributed by atoms with Crippen LogP contribution in [0.3, 0.4) is 0 Å². The highest BCUT2D eigenvalue weighted by molar-refractivity contribution is 6.28. The molecular weight excluding hydrogens is 699 g/mol. The molecule has 6 heteroatoms. The van der Waals surface area contributed by atoms with Crippen LogP contribution in [0.5, 0.6) is 0 Å². The van der Waals surface area contributed by atoms with Crippen molar-refractivity contribution < 1.29 is 4.42 Å². The van der Waals surface area contributed by atoms with Gasteiger partial charge in [-0.1, -0.05) is 127 Å².